The first kappa shape index (κ1) is 9.93. The van der Waals surface area contributed by atoms with Gasteiger partial charge in [0, 0.05) is 12.3 Å². The Bertz CT molecular complexity index is 434. The first-order chi connectivity index (χ1) is 7.38. The quantitative estimate of drug-likeness (QED) is 0.746. The molecule has 0 amide bonds. The molecule has 76 valence electrons. The molecule has 0 unspecified atom stereocenters. The average molecular weight is 221 g/mol. The van der Waals surface area contributed by atoms with Gasteiger partial charge >= 0.3 is 0 Å². The van der Waals surface area contributed by atoms with Crippen LogP contribution in [0.2, 0.25) is 0 Å². The van der Waals surface area contributed by atoms with Crippen molar-refractivity contribution >= 4 is 11.6 Å². The average Bonchev–Trinajstić information content (AvgIpc) is 2.31. The molecule has 2 rings (SSSR count). The molecule has 0 aromatic carbocycles. The number of nitrogens with zero attached hydrogens (tertiary/aromatic N) is 2. The highest BCUT2D eigenvalue weighted by molar-refractivity contribution is 6.16. The van der Waals surface area contributed by atoms with E-state index in [1.165, 1.54) is 0 Å². The van der Waals surface area contributed by atoms with Crippen LogP contribution in [-0.4, -0.2) is 9.97 Å². The van der Waals surface area contributed by atoms with Crippen LogP contribution >= 0.6 is 11.6 Å². The van der Waals surface area contributed by atoms with Gasteiger partial charge in [0.15, 0.2) is 0 Å². The Morgan fingerprint density at radius 2 is 2.13 bits per heavy atom. The highest BCUT2D eigenvalue weighted by Crippen LogP contribution is 2.18. The Hall–Kier alpha value is -1.61. The predicted molar refractivity (Wildman–Crippen MR) is 58.1 cm³/mol. The third-order valence-electron chi connectivity index (χ3n) is 1.77. The lowest BCUT2D eigenvalue weighted by molar-refractivity contribution is 0.459. The van der Waals surface area contributed by atoms with E-state index in [2.05, 4.69) is 9.97 Å². The van der Waals surface area contributed by atoms with Crippen LogP contribution in [0.4, 0.5) is 0 Å². The van der Waals surface area contributed by atoms with Crippen molar-refractivity contribution in [2.75, 3.05) is 0 Å². The maximum Gasteiger partial charge on any atom is 0.219 e. The summed E-state index contributed by atoms with van der Waals surface area (Å²) in [6.07, 6.45) is 3.32. The molecule has 15 heavy (non-hydrogen) atoms. The molecule has 2 aromatic rings. The summed E-state index contributed by atoms with van der Waals surface area (Å²) >= 11 is 5.67. The van der Waals surface area contributed by atoms with Gasteiger partial charge in [-0.25, -0.2) is 4.98 Å². The Balaban J connectivity index is 2.17. The molecule has 4 heteroatoms. The molecule has 0 aliphatic rings. The van der Waals surface area contributed by atoms with Gasteiger partial charge in [-0.3, -0.25) is 4.98 Å². The van der Waals surface area contributed by atoms with Crippen LogP contribution in [0.25, 0.3) is 0 Å². The molecule has 2 aromatic heterocycles. The number of rotatable bonds is 3. The molecule has 0 fully saturated rings. The van der Waals surface area contributed by atoms with Crippen molar-refractivity contribution in [2.24, 2.45) is 0 Å². The van der Waals surface area contributed by atoms with Crippen LogP contribution in [0.1, 0.15) is 5.69 Å². The molecule has 0 saturated carbocycles. The zero-order valence-electron chi connectivity index (χ0n) is 7.93. The summed E-state index contributed by atoms with van der Waals surface area (Å²) in [6.45, 7) is 0. The molecule has 0 radical (unpaired) electrons. The van der Waals surface area contributed by atoms with Crippen molar-refractivity contribution < 1.29 is 4.74 Å². The van der Waals surface area contributed by atoms with E-state index >= 15 is 0 Å². The highest BCUT2D eigenvalue weighted by Gasteiger charge is 1.99. The molecule has 3 nitrogen and oxygen atoms in total. The van der Waals surface area contributed by atoms with E-state index < -0.39 is 0 Å². The SMILES string of the molecule is ClCc1cccc(Oc2cccnc2)n1. The van der Waals surface area contributed by atoms with Gasteiger partial charge in [0.2, 0.25) is 5.88 Å². The standard InChI is InChI=1S/C11H9ClN2O/c12-7-9-3-1-5-11(14-9)15-10-4-2-6-13-8-10/h1-6,8H,7H2. The molecule has 0 saturated heterocycles. The van der Waals surface area contributed by atoms with Crippen molar-refractivity contribution in [3.05, 3.63) is 48.4 Å². The van der Waals surface area contributed by atoms with E-state index in [1.54, 1.807) is 24.5 Å². The minimum atomic E-state index is 0.379. The monoisotopic (exact) mass is 220 g/mol. The summed E-state index contributed by atoms with van der Waals surface area (Å²) in [5.74, 6) is 1.57. The van der Waals surface area contributed by atoms with Gasteiger partial charge in [-0.15, -0.1) is 11.6 Å². The number of aromatic nitrogens is 2. The number of ether oxygens (including phenoxy) is 1. The van der Waals surface area contributed by atoms with Crippen LogP contribution in [0.5, 0.6) is 11.6 Å². The van der Waals surface area contributed by atoms with Gasteiger partial charge in [0.1, 0.15) is 5.75 Å². The third kappa shape index (κ3) is 2.67. The fourth-order valence-electron chi connectivity index (χ4n) is 1.12. The molecule has 0 aliphatic carbocycles. The molecule has 0 N–H and O–H groups in total. The van der Waals surface area contributed by atoms with Gasteiger partial charge in [0.25, 0.3) is 0 Å². The Labute approximate surface area is 92.7 Å². The molecule has 0 spiro atoms. The maximum absolute atomic E-state index is 5.67. The minimum Gasteiger partial charge on any atom is -0.437 e. The van der Waals surface area contributed by atoms with Gasteiger partial charge in [-0.05, 0) is 18.2 Å². The van der Waals surface area contributed by atoms with Gasteiger partial charge in [-0.1, -0.05) is 6.07 Å². The Morgan fingerprint density at radius 3 is 2.87 bits per heavy atom. The summed E-state index contributed by atoms with van der Waals surface area (Å²) in [6, 6.07) is 9.12. The van der Waals surface area contributed by atoms with E-state index in [1.807, 2.05) is 18.2 Å². The van der Waals surface area contributed by atoms with Crippen molar-refractivity contribution in [1.82, 2.24) is 9.97 Å². The lowest BCUT2D eigenvalue weighted by atomic mass is 10.4. The summed E-state index contributed by atoms with van der Waals surface area (Å²) in [5, 5.41) is 0. The number of alkyl halides is 1. The van der Waals surface area contributed by atoms with Gasteiger partial charge in [-0.2, -0.15) is 0 Å². The van der Waals surface area contributed by atoms with Crippen LogP contribution < -0.4 is 4.74 Å². The van der Waals surface area contributed by atoms with Crippen LogP contribution in [0.15, 0.2) is 42.7 Å². The molecule has 0 atom stereocenters. The van der Waals surface area contributed by atoms with E-state index in [0.717, 1.165) is 5.69 Å². The lowest BCUT2D eigenvalue weighted by Crippen LogP contribution is -1.91. The molecule has 0 aliphatic heterocycles. The van der Waals surface area contributed by atoms with Crippen molar-refractivity contribution in [3.8, 4) is 11.6 Å². The zero-order valence-corrected chi connectivity index (χ0v) is 8.69. The molecular formula is C11H9ClN2O. The highest BCUT2D eigenvalue weighted by atomic mass is 35.5. The third-order valence-corrected chi connectivity index (χ3v) is 2.05. The lowest BCUT2D eigenvalue weighted by Gasteiger charge is -2.04. The van der Waals surface area contributed by atoms with Crippen molar-refractivity contribution in [2.45, 2.75) is 5.88 Å². The molecular weight excluding hydrogens is 212 g/mol. The van der Waals surface area contributed by atoms with Gasteiger partial charge < -0.3 is 4.74 Å². The summed E-state index contributed by atoms with van der Waals surface area (Å²) in [7, 11) is 0. The summed E-state index contributed by atoms with van der Waals surface area (Å²) < 4.78 is 5.49. The van der Waals surface area contributed by atoms with E-state index in [0.29, 0.717) is 17.5 Å². The summed E-state index contributed by atoms with van der Waals surface area (Å²) in [4.78, 5) is 8.15. The minimum absolute atomic E-state index is 0.379. The second-order valence-electron chi connectivity index (χ2n) is 2.89. The molecule has 0 bridgehead atoms. The second-order valence-corrected chi connectivity index (χ2v) is 3.16. The number of halogens is 1. The fourth-order valence-corrected chi connectivity index (χ4v) is 1.27. The van der Waals surface area contributed by atoms with Crippen molar-refractivity contribution in [1.29, 1.82) is 0 Å². The number of pyridine rings is 2. The second kappa shape index (κ2) is 4.75. The maximum atomic E-state index is 5.67. The first-order valence-electron chi connectivity index (χ1n) is 4.48. The normalized spacial score (nSPS) is 9.93. The first-order valence-corrected chi connectivity index (χ1v) is 5.02. The Kier molecular flexibility index (Phi) is 3.15. The number of hydrogen-bond acceptors (Lipinski definition) is 3. The molecule has 2 heterocycles. The van der Waals surface area contributed by atoms with Gasteiger partial charge in [0.05, 0.1) is 17.8 Å². The van der Waals surface area contributed by atoms with E-state index in [9.17, 15) is 0 Å². The predicted octanol–water partition coefficient (Wildman–Crippen LogP) is 3.01. The number of hydrogen-bond donors (Lipinski definition) is 0. The van der Waals surface area contributed by atoms with E-state index in [4.69, 9.17) is 16.3 Å². The fraction of sp³-hybridized carbons (Fsp3) is 0.0909. The zero-order chi connectivity index (χ0) is 10.5. The largest absolute Gasteiger partial charge is 0.437 e. The topological polar surface area (TPSA) is 35.0 Å². The van der Waals surface area contributed by atoms with Crippen LogP contribution in [0, 0.1) is 0 Å². The van der Waals surface area contributed by atoms with Crippen LogP contribution in [-0.2, 0) is 5.88 Å². The van der Waals surface area contributed by atoms with Crippen molar-refractivity contribution in [3.63, 3.8) is 0 Å². The summed E-state index contributed by atoms with van der Waals surface area (Å²) in [5.41, 5.74) is 0.790. The van der Waals surface area contributed by atoms with E-state index in [-0.39, 0.29) is 0 Å². The van der Waals surface area contributed by atoms with Crippen LogP contribution in [0.3, 0.4) is 0 Å². The smallest absolute Gasteiger partial charge is 0.219 e. The Morgan fingerprint density at radius 1 is 1.20 bits per heavy atom.